The monoisotopic (exact) mass is 343 g/mol. The Kier molecular flexibility index (Phi) is 4.06. The van der Waals surface area contributed by atoms with Gasteiger partial charge in [-0.3, -0.25) is 0 Å². The van der Waals surface area contributed by atoms with Gasteiger partial charge in [0.15, 0.2) is 17.2 Å². The van der Waals surface area contributed by atoms with Crippen molar-refractivity contribution in [3.8, 4) is 22.1 Å². The zero-order valence-corrected chi connectivity index (χ0v) is 12.5. The van der Waals surface area contributed by atoms with Crippen molar-refractivity contribution in [1.82, 2.24) is 4.98 Å². The van der Waals surface area contributed by atoms with Crippen LogP contribution in [0.2, 0.25) is 0 Å². The fourth-order valence-corrected chi connectivity index (χ4v) is 2.98. The van der Waals surface area contributed by atoms with E-state index in [1.165, 1.54) is 16.7 Å². The maximum absolute atomic E-state index is 10.8. The molecule has 0 saturated carbocycles. The summed E-state index contributed by atoms with van der Waals surface area (Å²) < 4.78 is 11.2. The molecule has 0 radical (unpaired) electrons. The van der Waals surface area contributed by atoms with Crippen LogP contribution in [0.25, 0.3) is 10.6 Å². The smallest absolute Gasteiger partial charge is 0.355 e. The van der Waals surface area contributed by atoms with E-state index in [0.717, 1.165) is 10.0 Å². The summed E-state index contributed by atoms with van der Waals surface area (Å²) in [5, 5.41) is 11.0. The van der Waals surface area contributed by atoms with Gasteiger partial charge in [-0.2, -0.15) is 0 Å². The molecule has 5 nitrogen and oxygen atoms in total. The van der Waals surface area contributed by atoms with Gasteiger partial charge in [-0.1, -0.05) is 0 Å². The summed E-state index contributed by atoms with van der Waals surface area (Å²) in [5.41, 5.74) is 0.789. The largest absolute Gasteiger partial charge is 0.493 e. The van der Waals surface area contributed by atoms with E-state index < -0.39 is 5.97 Å². The predicted molar refractivity (Wildman–Crippen MR) is 75.3 cm³/mol. The van der Waals surface area contributed by atoms with Crippen molar-refractivity contribution in [2.45, 2.75) is 0 Å². The summed E-state index contributed by atoms with van der Waals surface area (Å²) in [6.45, 7) is 0. The number of benzene rings is 1. The molecule has 100 valence electrons. The Morgan fingerprint density at radius 2 is 1.95 bits per heavy atom. The lowest BCUT2D eigenvalue weighted by Crippen LogP contribution is -1.96. The quantitative estimate of drug-likeness (QED) is 0.922. The Labute approximate surface area is 121 Å². The molecule has 0 atom stereocenters. The van der Waals surface area contributed by atoms with Crippen LogP contribution in [-0.4, -0.2) is 30.3 Å². The maximum atomic E-state index is 10.8. The van der Waals surface area contributed by atoms with Crippen LogP contribution in [0.15, 0.2) is 22.0 Å². The van der Waals surface area contributed by atoms with E-state index in [9.17, 15) is 4.79 Å². The van der Waals surface area contributed by atoms with Crippen LogP contribution in [0.4, 0.5) is 0 Å². The standard InChI is InChI=1S/C12H10BrNO4S/c1-17-9-3-6(7(13)4-10(9)18-2)11-14-8(5-19-11)12(15)16/h3-5H,1-2H3,(H,15,16). The van der Waals surface area contributed by atoms with E-state index in [2.05, 4.69) is 20.9 Å². The topological polar surface area (TPSA) is 68.7 Å². The van der Waals surface area contributed by atoms with E-state index >= 15 is 0 Å². The molecule has 0 spiro atoms. The van der Waals surface area contributed by atoms with Crippen LogP contribution < -0.4 is 9.47 Å². The third kappa shape index (κ3) is 2.71. The molecule has 0 saturated heterocycles. The first-order chi connectivity index (χ1) is 9.06. The maximum Gasteiger partial charge on any atom is 0.355 e. The summed E-state index contributed by atoms with van der Waals surface area (Å²) in [6.07, 6.45) is 0. The average Bonchev–Trinajstić information content (AvgIpc) is 2.87. The molecular weight excluding hydrogens is 334 g/mol. The number of rotatable bonds is 4. The number of ether oxygens (including phenoxy) is 2. The van der Waals surface area contributed by atoms with Crippen molar-refractivity contribution in [2.24, 2.45) is 0 Å². The Balaban J connectivity index is 2.51. The highest BCUT2D eigenvalue weighted by molar-refractivity contribution is 9.10. The Hall–Kier alpha value is -1.60. The lowest BCUT2D eigenvalue weighted by Gasteiger charge is -2.10. The molecule has 0 bridgehead atoms. The number of thiazole rings is 1. The van der Waals surface area contributed by atoms with Gasteiger partial charge in [-0.05, 0) is 28.1 Å². The van der Waals surface area contributed by atoms with Gasteiger partial charge in [0.1, 0.15) is 5.01 Å². The molecule has 0 aliphatic heterocycles. The van der Waals surface area contributed by atoms with Gasteiger partial charge in [0.25, 0.3) is 0 Å². The summed E-state index contributed by atoms with van der Waals surface area (Å²) in [7, 11) is 3.09. The first-order valence-corrected chi connectivity index (χ1v) is 6.84. The zero-order valence-electron chi connectivity index (χ0n) is 10.1. The van der Waals surface area contributed by atoms with E-state index in [0.29, 0.717) is 16.5 Å². The highest BCUT2D eigenvalue weighted by Crippen LogP contribution is 2.39. The van der Waals surface area contributed by atoms with Crippen LogP contribution in [0.3, 0.4) is 0 Å². The van der Waals surface area contributed by atoms with Gasteiger partial charge in [0, 0.05) is 15.4 Å². The number of carbonyl (C=O) groups is 1. The zero-order chi connectivity index (χ0) is 14.0. The van der Waals surface area contributed by atoms with E-state index in [4.69, 9.17) is 14.6 Å². The van der Waals surface area contributed by atoms with Crippen LogP contribution in [0.1, 0.15) is 10.5 Å². The number of aromatic nitrogens is 1. The molecule has 0 unspecified atom stereocenters. The molecule has 1 N–H and O–H groups in total. The van der Waals surface area contributed by atoms with E-state index in [1.807, 2.05) is 0 Å². The Morgan fingerprint density at radius 1 is 1.32 bits per heavy atom. The third-order valence-electron chi connectivity index (χ3n) is 2.43. The second-order valence-electron chi connectivity index (χ2n) is 3.53. The molecule has 2 aromatic rings. The van der Waals surface area contributed by atoms with Crippen molar-refractivity contribution in [1.29, 1.82) is 0 Å². The SMILES string of the molecule is COc1cc(Br)c(-c2nc(C(=O)O)cs2)cc1OC. The highest BCUT2D eigenvalue weighted by Gasteiger charge is 2.15. The first-order valence-electron chi connectivity index (χ1n) is 5.17. The second-order valence-corrected chi connectivity index (χ2v) is 5.24. The summed E-state index contributed by atoms with van der Waals surface area (Å²) in [5.74, 6) is 0.111. The molecule has 0 aliphatic carbocycles. The molecule has 0 fully saturated rings. The molecule has 1 heterocycles. The lowest BCUT2D eigenvalue weighted by atomic mass is 10.2. The average molecular weight is 344 g/mol. The lowest BCUT2D eigenvalue weighted by molar-refractivity contribution is 0.0691. The minimum atomic E-state index is -1.04. The van der Waals surface area contributed by atoms with Gasteiger partial charge in [0.2, 0.25) is 0 Å². The minimum Gasteiger partial charge on any atom is -0.493 e. The molecule has 19 heavy (non-hydrogen) atoms. The van der Waals surface area contributed by atoms with Crippen LogP contribution in [-0.2, 0) is 0 Å². The minimum absolute atomic E-state index is 0.0293. The summed E-state index contributed by atoms with van der Waals surface area (Å²) >= 11 is 4.68. The number of carboxylic acids is 1. The Morgan fingerprint density at radius 3 is 2.47 bits per heavy atom. The molecule has 7 heteroatoms. The van der Waals surface area contributed by atoms with Gasteiger partial charge in [-0.25, -0.2) is 9.78 Å². The van der Waals surface area contributed by atoms with E-state index in [-0.39, 0.29) is 5.69 Å². The number of halogens is 1. The third-order valence-corrected chi connectivity index (χ3v) is 3.96. The van der Waals surface area contributed by atoms with Gasteiger partial charge in [-0.15, -0.1) is 11.3 Å². The summed E-state index contributed by atoms with van der Waals surface area (Å²) in [4.78, 5) is 14.9. The van der Waals surface area contributed by atoms with Crippen LogP contribution in [0.5, 0.6) is 11.5 Å². The second kappa shape index (κ2) is 5.58. The number of nitrogens with zero attached hydrogens (tertiary/aromatic N) is 1. The fraction of sp³-hybridized carbons (Fsp3) is 0.167. The molecule has 0 aliphatic rings. The molecular formula is C12H10BrNO4S. The summed E-state index contributed by atoms with van der Waals surface area (Å²) in [6, 6.07) is 3.52. The van der Waals surface area contributed by atoms with E-state index in [1.54, 1.807) is 26.4 Å². The fourth-order valence-electron chi connectivity index (χ4n) is 1.51. The first kappa shape index (κ1) is 13.8. The van der Waals surface area contributed by atoms with Gasteiger partial charge >= 0.3 is 5.97 Å². The Bertz CT molecular complexity index is 626. The number of carboxylic acid groups (broad SMARTS) is 1. The molecule has 1 aromatic carbocycles. The van der Waals surface area contributed by atoms with Crippen LogP contribution >= 0.6 is 27.3 Å². The molecule has 1 aromatic heterocycles. The number of methoxy groups -OCH3 is 2. The van der Waals surface area contributed by atoms with Gasteiger partial charge < -0.3 is 14.6 Å². The predicted octanol–water partition coefficient (Wildman–Crippen LogP) is 3.29. The number of aromatic carboxylic acids is 1. The van der Waals surface area contributed by atoms with Crippen molar-refractivity contribution >= 4 is 33.2 Å². The molecule has 2 rings (SSSR count). The van der Waals surface area contributed by atoms with Crippen molar-refractivity contribution in [3.05, 3.63) is 27.7 Å². The highest BCUT2D eigenvalue weighted by atomic mass is 79.9. The number of hydrogen-bond acceptors (Lipinski definition) is 5. The van der Waals surface area contributed by atoms with Crippen molar-refractivity contribution in [3.63, 3.8) is 0 Å². The number of hydrogen-bond donors (Lipinski definition) is 1. The normalized spacial score (nSPS) is 10.3. The molecule has 0 amide bonds. The van der Waals surface area contributed by atoms with Crippen molar-refractivity contribution in [2.75, 3.05) is 14.2 Å². The van der Waals surface area contributed by atoms with Gasteiger partial charge in [0.05, 0.1) is 14.2 Å². The van der Waals surface area contributed by atoms with Crippen LogP contribution in [0, 0.1) is 0 Å². The van der Waals surface area contributed by atoms with Crippen molar-refractivity contribution < 1.29 is 19.4 Å².